The Bertz CT molecular complexity index is 479. The zero-order valence-electron chi connectivity index (χ0n) is 8.43. The van der Waals surface area contributed by atoms with Gasteiger partial charge in [-0.25, -0.2) is 18.2 Å². The number of pyridine rings is 1. The molecule has 0 N–H and O–H groups in total. The highest BCUT2D eigenvalue weighted by atomic mass is 19.4. The second-order valence-corrected chi connectivity index (χ2v) is 2.99. The molecule has 0 saturated carbocycles. The van der Waals surface area contributed by atoms with Crippen LogP contribution in [0.25, 0.3) is 0 Å². The van der Waals surface area contributed by atoms with Gasteiger partial charge in [-0.15, -0.1) is 13.2 Å². The lowest BCUT2D eigenvalue weighted by Crippen LogP contribution is -2.19. The molecule has 18 heavy (non-hydrogen) atoms. The third-order valence-electron chi connectivity index (χ3n) is 1.76. The van der Waals surface area contributed by atoms with Crippen molar-refractivity contribution in [2.75, 3.05) is 0 Å². The Morgan fingerprint density at radius 1 is 1.39 bits per heavy atom. The predicted octanol–water partition coefficient (Wildman–Crippen LogP) is 3.12. The van der Waals surface area contributed by atoms with E-state index in [1.54, 1.807) is 0 Å². The maximum atomic E-state index is 13.3. The standard InChI is InChI=1S/C9H4F6N2O/c10-5-3-6(18-9(13,14)15)17-7(8(11)12)4(5)1-2-16/h3,8H,1H2. The van der Waals surface area contributed by atoms with Crippen molar-refractivity contribution in [3.8, 4) is 11.9 Å². The fourth-order valence-electron chi connectivity index (χ4n) is 1.14. The molecule has 0 aliphatic carbocycles. The van der Waals surface area contributed by atoms with E-state index in [0.717, 1.165) is 0 Å². The highest BCUT2D eigenvalue weighted by Crippen LogP contribution is 2.29. The highest BCUT2D eigenvalue weighted by molar-refractivity contribution is 5.30. The molecule has 0 saturated heterocycles. The molecule has 1 heterocycles. The van der Waals surface area contributed by atoms with E-state index < -0.39 is 42.2 Å². The Hall–Kier alpha value is -1.98. The van der Waals surface area contributed by atoms with E-state index in [0.29, 0.717) is 0 Å². The molecule has 1 aromatic heterocycles. The largest absolute Gasteiger partial charge is 0.574 e. The van der Waals surface area contributed by atoms with Gasteiger partial charge in [0.05, 0.1) is 12.5 Å². The first-order valence-corrected chi connectivity index (χ1v) is 4.34. The van der Waals surface area contributed by atoms with Gasteiger partial charge in [-0.2, -0.15) is 5.26 Å². The summed E-state index contributed by atoms with van der Waals surface area (Å²) in [5, 5.41) is 8.31. The number of aromatic nitrogens is 1. The third kappa shape index (κ3) is 3.51. The van der Waals surface area contributed by atoms with Gasteiger partial charge < -0.3 is 4.74 Å². The van der Waals surface area contributed by atoms with Gasteiger partial charge in [-0.3, -0.25) is 0 Å². The van der Waals surface area contributed by atoms with E-state index in [1.165, 1.54) is 6.07 Å². The highest BCUT2D eigenvalue weighted by Gasteiger charge is 2.33. The topological polar surface area (TPSA) is 45.9 Å². The number of ether oxygens (including phenoxy) is 1. The van der Waals surface area contributed by atoms with Gasteiger partial charge in [-0.05, 0) is 0 Å². The molecule has 0 radical (unpaired) electrons. The van der Waals surface area contributed by atoms with Crippen LogP contribution in [0.1, 0.15) is 17.7 Å². The zero-order valence-corrected chi connectivity index (χ0v) is 8.43. The summed E-state index contributed by atoms with van der Waals surface area (Å²) in [6.45, 7) is 0. The van der Waals surface area contributed by atoms with Crippen LogP contribution in [0.2, 0.25) is 0 Å². The minimum atomic E-state index is -5.17. The molecule has 1 aromatic rings. The molecule has 0 atom stereocenters. The molecule has 3 nitrogen and oxygen atoms in total. The third-order valence-corrected chi connectivity index (χ3v) is 1.76. The van der Waals surface area contributed by atoms with E-state index in [1.807, 2.05) is 0 Å². The number of hydrogen-bond acceptors (Lipinski definition) is 3. The van der Waals surface area contributed by atoms with E-state index in [-0.39, 0.29) is 6.07 Å². The summed E-state index contributed by atoms with van der Waals surface area (Å²) in [6.07, 6.45) is -9.22. The average Bonchev–Trinajstić information content (AvgIpc) is 2.19. The van der Waals surface area contributed by atoms with Crippen molar-refractivity contribution in [2.24, 2.45) is 0 Å². The molecule has 98 valence electrons. The average molecular weight is 270 g/mol. The van der Waals surface area contributed by atoms with Crippen LogP contribution in [0.15, 0.2) is 6.07 Å². The fourth-order valence-corrected chi connectivity index (χ4v) is 1.14. The maximum absolute atomic E-state index is 13.3. The Kier molecular flexibility index (Phi) is 4.00. The monoisotopic (exact) mass is 270 g/mol. The van der Waals surface area contributed by atoms with Crippen molar-refractivity contribution in [1.29, 1.82) is 5.26 Å². The molecule has 0 amide bonds. The summed E-state index contributed by atoms with van der Waals surface area (Å²) in [7, 11) is 0. The zero-order chi connectivity index (χ0) is 13.9. The van der Waals surface area contributed by atoms with Crippen molar-refractivity contribution >= 4 is 0 Å². The normalized spacial score (nSPS) is 11.4. The van der Waals surface area contributed by atoms with Crippen molar-refractivity contribution < 1.29 is 31.1 Å². The predicted molar refractivity (Wildman–Crippen MR) is 45.2 cm³/mol. The number of alkyl halides is 5. The number of halogens is 6. The first-order valence-electron chi connectivity index (χ1n) is 4.34. The lowest BCUT2D eigenvalue weighted by molar-refractivity contribution is -0.276. The Balaban J connectivity index is 3.24. The summed E-state index contributed by atoms with van der Waals surface area (Å²) >= 11 is 0. The van der Waals surface area contributed by atoms with Crippen molar-refractivity contribution in [3.63, 3.8) is 0 Å². The van der Waals surface area contributed by atoms with E-state index in [4.69, 9.17) is 5.26 Å². The van der Waals surface area contributed by atoms with Gasteiger partial charge in [-0.1, -0.05) is 0 Å². The molecule has 0 aromatic carbocycles. The second kappa shape index (κ2) is 5.12. The second-order valence-electron chi connectivity index (χ2n) is 2.99. The molecule has 1 rings (SSSR count). The molecule has 0 aliphatic rings. The summed E-state index contributed by atoms with van der Waals surface area (Å²) in [4.78, 5) is 2.85. The molecule has 0 aliphatic heterocycles. The van der Waals surface area contributed by atoms with Crippen LogP contribution in [0.3, 0.4) is 0 Å². The molecule has 0 spiro atoms. The van der Waals surface area contributed by atoms with Crippen LogP contribution < -0.4 is 4.74 Å². The fraction of sp³-hybridized carbons (Fsp3) is 0.333. The van der Waals surface area contributed by atoms with Crippen molar-refractivity contribution in [1.82, 2.24) is 4.98 Å². The smallest absolute Gasteiger partial charge is 0.388 e. The molecular formula is C9H4F6N2O. The van der Waals surface area contributed by atoms with Crippen LogP contribution in [-0.2, 0) is 6.42 Å². The Labute approximate surface area is 96.6 Å². The molecule has 0 fully saturated rings. The maximum Gasteiger partial charge on any atom is 0.574 e. The van der Waals surface area contributed by atoms with Gasteiger partial charge in [0.15, 0.2) is 0 Å². The number of hydrogen-bond donors (Lipinski definition) is 0. The van der Waals surface area contributed by atoms with Gasteiger partial charge in [0.2, 0.25) is 5.88 Å². The summed E-state index contributed by atoms with van der Waals surface area (Å²) in [6, 6.07) is 1.61. The quantitative estimate of drug-likeness (QED) is 0.793. The first kappa shape index (κ1) is 14.1. The number of nitriles is 1. The van der Waals surface area contributed by atoms with Gasteiger partial charge >= 0.3 is 6.36 Å². The van der Waals surface area contributed by atoms with Crippen molar-refractivity contribution in [2.45, 2.75) is 19.2 Å². The van der Waals surface area contributed by atoms with Gasteiger partial charge in [0.25, 0.3) is 6.43 Å². The van der Waals surface area contributed by atoms with Gasteiger partial charge in [0, 0.05) is 11.6 Å². The molecular weight excluding hydrogens is 266 g/mol. The molecule has 0 bridgehead atoms. The lowest BCUT2D eigenvalue weighted by Gasteiger charge is -2.11. The van der Waals surface area contributed by atoms with E-state index in [9.17, 15) is 26.3 Å². The Morgan fingerprint density at radius 2 is 2.00 bits per heavy atom. The minimum absolute atomic E-state index is 0.200. The van der Waals surface area contributed by atoms with Crippen LogP contribution in [0.5, 0.6) is 5.88 Å². The van der Waals surface area contributed by atoms with Crippen molar-refractivity contribution in [3.05, 3.63) is 23.1 Å². The van der Waals surface area contributed by atoms with E-state index >= 15 is 0 Å². The van der Waals surface area contributed by atoms with Crippen LogP contribution in [-0.4, -0.2) is 11.3 Å². The van der Waals surface area contributed by atoms with Gasteiger partial charge in [0.1, 0.15) is 11.5 Å². The molecule has 9 heteroatoms. The van der Waals surface area contributed by atoms with E-state index in [2.05, 4.69) is 9.72 Å². The summed E-state index contributed by atoms with van der Waals surface area (Å²) < 4.78 is 76.9. The van der Waals surface area contributed by atoms with Crippen LogP contribution >= 0.6 is 0 Å². The SMILES string of the molecule is N#CCc1c(F)cc(OC(F)(F)F)nc1C(F)F. The minimum Gasteiger partial charge on any atom is -0.388 e. The summed E-state index contributed by atoms with van der Waals surface area (Å²) in [5.41, 5.74) is -1.99. The first-order chi connectivity index (χ1) is 8.24. The number of rotatable bonds is 3. The van der Waals surface area contributed by atoms with Crippen LogP contribution in [0, 0.1) is 17.1 Å². The number of nitrogens with zero attached hydrogens (tertiary/aromatic N) is 2. The summed E-state index contributed by atoms with van der Waals surface area (Å²) in [5.74, 6) is -2.74. The lowest BCUT2D eigenvalue weighted by atomic mass is 10.1. The molecule has 0 unspecified atom stereocenters. The van der Waals surface area contributed by atoms with Crippen LogP contribution in [0.4, 0.5) is 26.3 Å². The Morgan fingerprint density at radius 3 is 2.44 bits per heavy atom.